The van der Waals surface area contributed by atoms with Crippen LogP contribution in [0.4, 0.5) is 10.2 Å². The highest BCUT2D eigenvalue weighted by atomic mass is 19.1. The Morgan fingerprint density at radius 2 is 2.27 bits per heavy atom. The molecular formula is C20H20FN7O2. The second kappa shape index (κ2) is 8.04. The monoisotopic (exact) mass is 409 g/mol. The maximum Gasteiger partial charge on any atom is 0.275 e. The lowest BCUT2D eigenvalue weighted by Crippen LogP contribution is -2.29. The Hall–Kier alpha value is -3.58. The zero-order valence-electron chi connectivity index (χ0n) is 16.3. The van der Waals surface area contributed by atoms with E-state index in [1.807, 2.05) is 6.07 Å². The van der Waals surface area contributed by atoms with Crippen LogP contribution in [0.1, 0.15) is 40.9 Å². The second-order valence-corrected chi connectivity index (χ2v) is 7.34. The maximum absolute atomic E-state index is 13.6. The standard InChI is InChI=1S/C20H20FN7O2/c1-28(9-12-7-13(21)6-5-11(12)8-22)20(30)17-16-18(23-10-24-19(16)27-26-17)25-14-3-2-4-15(14)29/h5-7,10,14-15,29H,2-4,9H2,1H3,(H2,23,24,25,26,27)/t14-,15-/m1/s1. The first-order chi connectivity index (χ1) is 14.5. The van der Waals surface area contributed by atoms with Crippen molar-refractivity contribution < 1.29 is 14.3 Å². The quantitative estimate of drug-likeness (QED) is 0.587. The van der Waals surface area contributed by atoms with Crippen LogP contribution in [0.2, 0.25) is 0 Å². The van der Waals surface area contributed by atoms with E-state index >= 15 is 0 Å². The normalized spacial score (nSPS) is 18.3. The van der Waals surface area contributed by atoms with Crippen molar-refractivity contribution in [2.24, 2.45) is 0 Å². The number of amides is 1. The van der Waals surface area contributed by atoms with Crippen molar-refractivity contribution in [3.8, 4) is 6.07 Å². The molecule has 1 aliphatic rings. The van der Waals surface area contributed by atoms with Gasteiger partial charge in [0.25, 0.3) is 5.91 Å². The third-order valence-electron chi connectivity index (χ3n) is 5.30. The molecule has 3 N–H and O–H groups in total. The Morgan fingerprint density at radius 3 is 3.00 bits per heavy atom. The number of halogens is 1. The summed E-state index contributed by atoms with van der Waals surface area (Å²) in [6, 6.07) is 5.67. The summed E-state index contributed by atoms with van der Waals surface area (Å²) >= 11 is 0. The molecule has 0 spiro atoms. The number of carbonyl (C=O) groups excluding carboxylic acids is 1. The van der Waals surface area contributed by atoms with Crippen LogP contribution < -0.4 is 5.32 Å². The number of benzene rings is 1. The Kier molecular flexibility index (Phi) is 5.29. The number of aliphatic hydroxyl groups is 1. The Balaban J connectivity index is 1.63. The van der Waals surface area contributed by atoms with Gasteiger partial charge in [0.1, 0.15) is 18.0 Å². The van der Waals surface area contributed by atoms with Crippen molar-refractivity contribution in [1.82, 2.24) is 25.1 Å². The molecule has 1 aliphatic carbocycles. The molecule has 0 bridgehead atoms. The van der Waals surface area contributed by atoms with Gasteiger partial charge < -0.3 is 15.3 Å². The van der Waals surface area contributed by atoms with Crippen molar-refractivity contribution in [1.29, 1.82) is 5.26 Å². The molecule has 3 aromatic rings. The number of hydrogen-bond donors (Lipinski definition) is 3. The van der Waals surface area contributed by atoms with Crippen molar-refractivity contribution in [2.75, 3.05) is 12.4 Å². The minimum absolute atomic E-state index is 0.0334. The van der Waals surface area contributed by atoms with E-state index in [1.165, 1.54) is 29.4 Å². The average Bonchev–Trinajstić information content (AvgIpc) is 3.34. The van der Waals surface area contributed by atoms with Gasteiger partial charge in [-0.15, -0.1) is 0 Å². The zero-order valence-corrected chi connectivity index (χ0v) is 16.3. The van der Waals surface area contributed by atoms with Crippen molar-refractivity contribution in [3.63, 3.8) is 0 Å². The second-order valence-electron chi connectivity index (χ2n) is 7.34. The maximum atomic E-state index is 13.6. The minimum atomic E-state index is -0.485. The molecule has 0 unspecified atom stereocenters. The summed E-state index contributed by atoms with van der Waals surface area (Å²) in [5.41, 5.74) is 1.19. The molecule has 1 amide bonds. The van der Waals surface area contributed by atoms with E-state index in [9.17, 15) is 19.6 Å². The molecule has 1 fully saturated rings. The van der Waals surface area contributed by atoms with Crippen molar-refractivity contribution >= 4 is 22.8 Å². The van der Waals surface area contributed by atoms with Crippen LogP contribution in [0, 0.1) is 17.1 Å². The lowest BCUT2D eigenvalue weighted by molar-refractivity contribution is 0.0781. The molecule has 0 radical (unpaired) electrons. The van der Waals surface area contributed by atoms with E-state index in [2.05, 4.69) is 25.5 Å². The van der Waals surface area contributed by atoms with Gasteiger partial charge in [-0.2, -0.15) is 10.4 Å². The lowest BCUT2D eigenvalue weighted by atomic mass is 10.1. The van der Waals surface area contributed by atoms with Gasteiger partial charge in [0, 0.05) is 13.6 Å². The number of nitrogens with one attached hydrogen (secondary N) is 2. The molecule has 1 aromatic carbocycles. The number of aliphatic hydroxyl groups excluding tert-OH is 1. The van der Waals surface area contributed by atoms with Crippen LogP contribution in [0.25, 0.3) is 11.0 Å². The summed E-state index contributed by atoms with van der Waals surface area (Å²) in [4.78, 5) is 22.8. The van der Waals surface area contributed by atoms with Gasteiger partial charge in [-0.05, 0) is 43.0 Å². The van der Waals surface area contributed by atoms with Crippen LogP contribution in [0.15, 0.2) is 24.5 Å². The largest absolute Gasteiger partial charge is 0.391 e. The lowest BCUT2D eigenvalue weighted by Gasteiger charge is -2.19. The molecule has 30 heavy (non-hydrogen) atoms. The number of anilines is 1. The molecule has 2 atom stereocenters. The highest BCUT2D eigenvalue weighted by Crippen LogP contribution is 2.27. The molecule has 0 aliphatic heterocycles. The average molecular weight is 409 g/mol. The predicted molar refractivity (Wildman–Crippen MR) is 106 cm³/mol. The number of nitriles is 1. The van der Waals surface area contributed by atoms with Gasteiger partial charge >= 0.3 is 0 Å². The molecule has 9 nitrogen and oxygen atoms in total. The number of H-pyrrole nitrogens is 1. The first kappa shape index (κ1) is 19.7. The number of carbonyl (C=O) groups is 1. The first-order valence-electron chi connectivity index (χ1n) is 9.55. The van der Waals surface area contributed by atoms with E-state index < -0.39 is 17.8 Å². The molecule has 10 heteroatoms. The fourth-order valence-electron chi connectivity index (χ4n) is 3.72. The summed E-state index contributed by atoms with van der Waals surface area (Å²) in [5, 5.41) is 29.8. The molecule has 4 rings (SSSR count). The van der Waals surface area contributed by atoms with Crippen LogP contribution >= 0.6 is 0 Å². The van der Waals surface area contributed by atoms with Crippen LogP contribution in [-0.4, -0.2) is 55.3 Å². The van der Waals surface area contributed by atoms with Crippen molar-refractivity contribution in [3.05, 3.63) is 47.2 Å². The van der Waals surface area contributed by atoms with Crippen molar-refractivity contribution in [2.45, 2.75) is 38.0 Å². The highest BCUT2D eigenvalue weighted by molar-refractivity contribution is 6.07. The first-order valence-corrected chi connectivity index (χ1v) is 9.55. The summed E-state index contributed by atoms with van der Waals surface area (Å²) in [6.07, 6.45) is 3.28. The van der Waals surface area contributed by atoms with Gasteiger partial charge in [-0.3, -0.25) is 9.89 Å². The van der Waals surface area contributed by atoms with Crippen LogP contribution in [0.5, 0.6) is 0 Å². The predicted octanol–water partition coefficient (Wildman–Crippen LogP) is 1.96. The summed E-state index contributed by atoms with van der Waals surface area (Å²) in [7, 11) is 1.55. The fourth-order valence-corrected chi connectivity index (χ4v) is 3.72. The smallest absolute Gasteiger partial charge is 0.275 e. The number of aromatic amines is 1. The third kappa shape index (κ3) is 3.67. The fraction of sp³-hybridized carbons (Fsp3) is 0.350. The third-order valence-corrected chi connectivity index (χ3v) is 5.30. The molecule has 2 aromatic heterocycles. The van der Waals surface area contributed by atoms with E-state index in [-0.39, 0.29) is 18.3 Å². The molecule has 2 heterocycles. The van der Waals surface area contributed by atoms with Crippen LogP contribution in [-0.2, 0) is 6.54 Å². The Morgan fingerprint density at radius 1 is 1.43 bits per heavy atom. The van der Waals surface area contributed by atoms with E-state index in [0.717, 1.165) is 12.8 Å². The summed E-state index contributed by atoms with van der Waals surface area (Å²) in [6.45, 7) is 0.0334. The Labute approximate surface area is 171 Å². The van der Waals surface area contributed by atoms with Gasteiger partial charge in [-0.1, -0.05) is 0 Å². The number of fused-ring (bicyclic) bond motifs is 1. The van der Waals surface area contributed by atoms with E-state index in [0.29, 0.717) is 34.4 Å². The van der Waals surface area contributed by atoms with E-state index in [1.54, 1.807) is 7.05 Å². The van der Waals surface area contributed by atoms with Crippen LogP contribution in [0.3, 0.4) is 0 Å². The number of nitrogens with zero attached hydrogens (tertiary/aromatic N) is 5. The Bertz CT molecular complexity index is 1140. The summed E-state index contributed by atoms with van der Waals surface area (Å²) in [5.74, 6) is -0.496. The number of hydrogen-bond acceptors (Lipinski definition) is 7. The topological polar surface area (TPSA) is 131 Å². The number of aromatic nitrogens is 4. The molecular weight excluding hydrogens is 389 g/mol. The summed E-state index contributed by atoms with van der Waals surface area (Å²) < 4.78 is 13.6. The SMILES string of the molecule is CN(Cc1cc(F)ccc1C#N)C(=O)c1n[nH]c2ncnc(N[C@@H]3CCC[C@H]3O)c12. The number of rotatable bonds is 5. The molecule has 1 saturated carbocycles. The van der Waals surface area contributed by atoms with Gasteiger partial charge in [0.15, 0.2) is 11.3 Å². The molecule has 0 saturated heterocycles. The van der Waals surface area contributed by atoms with Gasteiger partial charge in [0.2, 0.25) is 0 Å². The zero-order chi connectivity index (χ0) is 21.3. The molecule has 154 valence electrons. The highest BCUT2D eigenvalue weighted by Gasteiger charge is 2.28. The minimum Gasteiger partial charge on any atom is -0.391 e. The van der Waals surface area contributed by atoms with E-state index in [4.69, 9.17) is 0 Å². The van der Waals surface area contributed by atoms with Gasteiger partial charge in [-0.25, -0.2) is 14.4 Å². The van der Waals surface area contributed by atoms with Gasteiger partial charge in [0.05, 0.1) is 29.2 Å².